The first-order valence-electron chi connectivity index (χ1n) is 5.06. The molecule has 0 spiro atoms. The molecule has 4 nitrogen and oxygen atoms in total. The van der Waals surface area contributed by atoms with E-state index in [0.29, 0.717) is 5.02 Å². The standard InChI is InChI=1S/C11H9ClN4S/c1-6-10-9(8(12)4-13-6)15-11(17-10)7-3-14-16(2)5-7/h3-5H,1-2H3. The second-order valence-corrected chi connectivity index (χ2v) is 5.20. The third-order valence-corrected chi connectivity index (χ3v) is 4.00. The van der Waals surface area contributed by atoms with E-state index in [1.165, 1.54) is 0 Å². The summed E-state index contributed by atoms with van der Waals surface area (Å²) < 4.78 is 2.80. The van der Waals surface area contributed by atoms with Crippen molar-refractivity contribution < 1.29 is 0 Å². The lowest BCUT2D eigenvalue weighted by molar-refractivity contribution is 0.768. The van der Waals surface area contributed by atoms with Gasteiger partial charge in [-0.2, -0.15) is 5.10 Å². The van der Waals surface area contributed by atoms with Gasteiger partial charge < -0.3 is 0 Å². The van der Waals surface area contributed by atoms with Crippen LogP contribution in [-0.2, 0) is 7.05 Å². The van der Waals surface area contributed by atoms with Crippen molar-refractivity contribution in [2.45, 2.75) is 6.92 Å². The van der Waals surface area contributed by atoms with Crippen LogP contribution in [0.5, 0.6) is 0 Å². The number of nitrogens with zero attached hydrogens (tertiary/aromatic N) is 4. The summed E-state index contributed by atoms with van der Waals surface area (Å²) >= 11 is 7.69. The molecule has 3 aromatic rings. The Morgan fingerprint density at radius 3 is 2.82 bits per heavy atom. The summed E-state index contributed by atoms with van der Waals surface area (Å²) in [4.78, 5) is 8.79. The molecule has 0 aromatic carbocycles. The van der Waals surface area contributed by atoms with Gasteiger partial charge in [-0.05, 0) is 6.92 Å². The van der Waals surface area contributed by atoms with Gasteiger partial charge in [-0.25, -0.2) is 4.98 Å². The SMILES string of the molecule is Cc1ncc(Cl)c2nc(-c3cnn(C)c3)sc12. The van der Waals surface area contributed by atoms with Crippen molar-refractivity contribution in [1.29, 1.82) is 0 Å². The minimum absolute atomic E-state index is 0.594. The first kappa shape index (κ1) is 10.7. The predicted octanol–water partition coefficient (Wildman–Crippen LogP) is 3.05. The minimum Gasteiger partial charge on any atom is -0.275 e. The van der Waals surface area contributed by atoms with Crippen LogP contribution in [0.1, 0.15) is 5.69 Å². The fraction of sp³-hybridized carbons (Fsp3) is 0.182. The number of hydrogen-bond acceptors (Lipinski definition) is 4. The van der Waals surface area contributed by atoms with Crippen LogP contribution < -0.4 is 0 Å². The molecule has 0 aliphatic heterocycles. The van der Waals surface area contributed by atoms with E-state index in [4.69, 9.17) is 11.6 Å². The predicted molar refractivity (Wildman–Crippen MR) is 69.4 cm³/mol. The molecule has 0 amide bonds. The third kappa shape index (κ3) is 1.71. The molecular weight excluding hydrogens is 256 g/mol. The number of hydrogen-bond donors (Lipinski definition) is 0. The van der Waals surface area contributed by atoms with Gasteiger partial charge in [-0.3, -0.25) is 9.67 Å². The number of aromatic nitrogens is 4. The van der Waals surface area contributed by atoms with Crippen LogP contribution in [0.25, 0.3) is 20.8 Å². The van der Waals surface area contributed by atoms with Crippen molar-refractivity contribution >= 4 is 33.2 Å². The highest BCUT2D eigenvalue weighted by Gasteiger charge is 2.12. The first-order chi connectivity index (χ1) is 8.15. The number of halogens is 1. The average molecular weight is 265 g/mol. The number of thiazole rings is 1. The van der Waals surface area contributed by atoms with E-state index in [0.717, 1.165) is 26.5 Å². The molecule has 0 N–H and O–H groups in total. The fourth-order valence-electron chi connectivity index (χ4n) is 1.66. The topological polar surface area (TPSA) is 43.6 Å². The molecule has 6 heteroatoms. The van der Waals surface area contributed by atoms with Crippen LogP contribution >= 0.6 is 22.9 Å². The summed E-state index contributed by atoms with van der Waals surface area (Å²) in [6, 6.07) is 0. The van der Waals surface area contributed by atoms with E-state index < -0.39 is 0 Å². The van der Waals surface area contributed by atoms with E-state index in [-0.39, 0.29) is 0 Å². The van der Waals surface area contributed by atoms with Crippen LogP contribution in [0.4, 0.5) is 0 Å². The molecule has 0 saturated carbocycles. The van der Waals surface area contributed by atoms with Crippen LogP contribution in [0.2, 0.25) is 5.02 Å². The lowest BCUT2D eigenvalue weighted by Crippen LogP contribution is -1.84. The maximum Gasteiger partial charge on any atom is 0.127 e. The molecule has 0 unspecified atom stereocenters. The molecule has 0 saturated heterocycles. The maximum atomic E-state index is 6.10. The van der Waals surface area contributed by atoms with Crippen LogP contribution in [0.3, 0.4) is 0 Å². The summed E-state index contributed by atoms with van der Waals surface area (Å²) in [5.74, 6) is 0. The number of rotatable bonds is 1. The monoisotopic (exact) mass is 264 g/mol. The summed E-state index contributed by atoms with van der Waals surface area (Å²) in [5, 5.41) is 5.66. The Balaban J connectivity index is 2.26. The molecular formula is C11H9ClN4S. The van der Waals surface area contributed by atoms with Crippen LogP contribution in [0, 0.1) is 6.92 Å². The molecule has 3 rings (SSSR count). The van der Waals surface area contributed by atoms with Crippen molar-refractivity contribution in [3.05, 3.63) is 29.3 Å². The molecule has 0 fully saturated rings. The summed E-state index contributed by atoms with van der Waals surface area (Å²) in [7, 11) is 1.89. The largest absolute Gasteiger partial charge is 0.275 e. The Labute approximate surface area is 107 Å². The first-order valence-corrected chi connectivity index (χ1v) is 6.25. The lowest BCUT2D eigenvalue weighted by atomic mass is 10.3. The van der Waals surface area contributed by atoms with Gasteiger partial charge in [0.1, 0.15) is 10.5 Å². The average Bonchev–Trinajstić information content (AvgIpc) is 2.90. The zero-order chi connectivity index (χ0) is 12.0. The summed E-state index contributed by atoms with van der Waals surface area (Å²) in [6.45, 7) is 1.96. The van der Waals surface area contributed by atoms with Gasteiger partial charge in [0.25, 0.3) is 0 Å². The zero-order valence-electron chi connectivity index (χ0n) is 9.31. The lowest BCUT2D eigenvalue weighted by Gasteiger charge is -1.93. The Bertz CT molecular complexity index is 662. The number of fused-ring (bicyclic) bond motifs is 1. The Morgan fingerprint density at radius 2 is 2.18 bits per heavy atom. The van der Waals surface area contributed by atoms with Gasteiger partial charge in [0, 0.05) is 25.0 Å². The van der Waals surface area contributed by atoms with Gasteiger partial charge >= 0.3 is 0 Å². The molecule has 0 aliphatic carbocycles. The van der Waals surface area contributed by atoms with Crippen LogP contribution in [-0.4, -0.2) is 19.7 Å². The molecule has 0 bridgehead atoms. The minimum atomic E-state index is 0.594. The van der Waals surface area contributed by atoms with Gasteiger partial charge in [-0.15, -0.1) is 11.3 Å². The molecule has 17 heavy (non-hydrogen) atoms. The van der Waals surface area contributed by atoms with Gasteiger partial charge in [0.2, 0.25) is 0 Å². The second kappa shape index (κ2) is 3.78. The third-order valence-electron chi connectivity index (χ3n) is 2.51. The van der Waals surface area contributed by atoms with E-state index in [2.05, 4.69) is 15.1 Å². The molecule has 0 radical (unpaired) electrons. The van der Waals surface area contributed by atoms with E-state index in [1.807, 2.05) is 20.2 Å². The highest BCUT2D eigenvalue weighted by atomic mass is 35.5. The van der Waals surface area contributed by atoms with Crippen molar-refractivity contribution in [1.82, 2.24) is 19.7 Å². The smallest absolute Gasteiger partial charge is 0.127 e. The zero-order valence-corrected chi connectivity index (χ0v) is 10.9. The summed E-state index contributed by atoms with van der Waals surface area (Å²) in [5.41, 5.74) is 2.78. The van der Waals surface area contributed by atoms with Gasteiger partial charge in [0.05, 0.1) is 21.6 Å². The number of aryl methyl sites for hydroxylation is 2. The van der Waals surface area contributed by atoms with Crippen molar-refractivity contribution in [3.63, 3.8) is 0 Å². The van der Waals surface area contributed by atoms with Gasteiger partial charge in [-0.1, -0.05) is 11.6 Å². The maximum absolute atomic E-state index is 6.10. The molecule has 86 valence electrons. The Hall–Kier alpha value is -1.46. The van der Waals surface area contributed by atoms with Crippen LogP contribution in [0.15, 0.2) is 18.6 Å². The number of pyridine rings is 1. The fourth-order valence-corrected chi connectivity index (χ4v) is 2.90. The molecule has 3 heterocycles. The van der Waals surface area contributed by atoms with E-state index in [1.54, 1.807) is 28.4 Å². The van der Waals surface area contributed by atoms with E-state index >= 15 is 0 Å². The molecule has 3 aromatic heterocycles. The highest BCUT2D eigenvalue weighted by Crippen LogP contribution is 2.34. The Morgan fingerprint density at radius 1 is 1.35 bits per heavy atom. The molecule has 0 aliphatic rings. The van der Waals surface area contributed by atoms with Crippen molar-refractivity contribution in [2.24, 2.45) is 7.05 Å². The van der Waals surface area contributed by atoms with Gasteiger partial charge in [0.15, 0.2) is 0 Å². The molecule has 0 atom stereocenters. The quantitative estimate of drug-likeness (QED) is 0.678. The highest BCUT2D eigenvalue weighted by molar-refractivity contribution is 7.21. The summed E-state index contributed by atoms with van der Waals surface area (Å²) in [6.07, 6.45) is 5.38. The Kier molecular flexibility index (Phi) is 2.38. The van der Waals surface area contributed by atoms with E-state index in [9.17, 15) is 0 Å². The normalized spacial score (nSPS) is 11.2. The van der Waals surface area contributed by atoms with Crippen molar-refractivity contribution in [2.75, 3.05) is 0 Å². The van der Waals surface area contributed by atoms with Crippen molar-refractivity contribution in [3.8, 4) is 10.6 Å². The second-order valence-electron chi connectivity index (χ2n) is 3.79.